The molecule has 1 unspecified atom stereocenters. The van der Waals surface area contributed by atoms with E-state index in [-0.39, 0.29) is 87.7 Å². The number of amides is 4. The minimum absolute atomic E-state index is 0.0458. The van der Waals surface area contributed by atoms with E-state index < -0.39 is 17.6 Å². The number of nitrogens with one attached hydrogen (secondary N) is 4. The number of fused-ring (bicyclic) bond motifs is 2. The van der Waals surface area contributed by atoms with Crippen LogP contribution in [-0.4, -0.2) is 62.4 Å². The number of hydrogen-bond acceptors (Lipinski definition) is 9. The number of ketones is 1. The average Bonchev–Trinajstić information content (AvgIpc) is 4.10. The highest BCUT2D eigenvalue weighted by molar-refractivity contribution is 6.33. The van der Waals surface area contributed by atoms with Gasteiger partial charge < -0.3 is 21.3 Å². The van der Waals surface area contributed by atoms with Gasteiger partial charge in [-0.15, -0.1) is 0 Å². The third-order valence-electron chi connectivity index (χ3n) is 11.8. The van der Waals surface area contributed by atoms with Crippen molar-refractivity contribution in [3.63, 3.8) is 0 Å². The molecular formula is C48H38Cl2F2N8O5. The van der Waals surface area contributed by atoms with Gasteiger partial charge in [0.05, 0.1) is 80.0 Å². The number of rotatable bonds is 10. The minimum Gasteiger partial charge on any atom is -0.356 e. The predicted octanol–water partition coefficient (Wildman–Crippen LogP) is 6.39. The number of Topliss-reactive ketones (excluding diaryl/α,β-unsaturated/α-hetero) is 1. The van der Waals surface area contributed by atoms with Gasteiger partial charge in [0, 0.05) is 32.4 Å². The number of hydrogen-bond donors (Lipinski definition) is 4. The van der Waals surface area contributed by atoms with Crippen LogP contribution in [0.4, 0.5) is 8.78 Å². The minimum atomic E-state index is -0.578. The van der Waals surface area contributed by atoms with E-state index >= 15 is 0 Å². The normalized spacial score (nSPS) is 17.1. The van der Waals surface area contributed by atoms with Crippen LogP contribution in [0.3, 0.4) is 0 Å². The van der Waals surface area contributed by atoms with Crippen molar-refractivity contribution >= 4 is 52.6 Å². The molecule has 0 radical (unpaired) electrons. The van der Waals surface area contributed by atoms with Crippen LogP contribution in [0.25, 0.3) is 22.8 Å². The molecule has 0 saturated carbocycles. The lowest BCUT2D eigenvalue weighted by atomic mass is 9.95. The van der Waals surface area contributed by atoms with Crippen LogP contribution in [0.15, 0.2) is 84.9 Å². The van der Waals surface area contributed by atoms with Gasteiger partial charge in [-0.05, 0) is 59.4 Å². The first-order chi connectivity index (χ1) is 31.4. The van der Waals surface area contributed by atoms with E-state index in [4.69, 9.17) is 23.2 Å². The Bertz CT molecular complexity index is 2890. The fraction of sp³-hybridized carbons (Fsp3) is 0.229. The first-order valence-corrected chi connectivity index (χ1v) is 21.7. The molecule has 328 valence electrons. The van der Waals surface area contributed by atoms with Crippen molar-refractivity contribution in [1.82, 2.24) is 41.2 Å². The van der Waals surface area contributed by atoms with Gasteiger partial charge in [-0.2, -0.15) is 0 Å². The molecule has 4 amide bonds. The molecule has 13 nitrogen and oxygen atoms in total. The second-order valence-corrected chi connectivity index (χ2v) is 16.8. The standard InChI is InChI=1S/C25H20ClFN4O3.C23H18ClFN4O2/c26-16-2-1-3-17(27)21(16)23-30-18(22-19(31-23)12-29-25(22)34)10-13-4-6-14(7-5-13)11-20(32)15-8-9-28-24(15)33;24-15-2-1-3-16(25)19(15)21-28-17(20-18(29-21)11-27-23(20)31)10-12-4-6-13(7-5-12)14-8-9-26-22(14)30/h1-7,15H,8-12H2,(H,28,33)(H,29,34);1-7,14H,8-11H2,(H,26,30)(H,27,31)/t;14-/m.1/s1. The van der Waals surface area contributed by atoms with Gasteiger partial charge in [0.25, 0.3) is 11.8 Å². The lowest BCUT2D eigenvalue weighted by molar-refractivity contribution is -0.131. The summed E-state index contributed by atoms with van der Waals surface area (Å²) in [5.41, 5.74) is 6.60. The Balaban J connectivity index is 0.000000165. The molecule has 0 aliphatic carbocycles. The molecule has 2 fully saturated rings. The van der Waals surface area contributed by atoms with Gasteiger partial charge in [-0.1, -0.05) is 83.9 Å². The topological polar surface area (TPSA) is 185 Å². The molecule has 4 aromatic carbocycles. The summed E-state index contributed by atoms with van der Waals surface area (Å²) >= 11 is 12.4. The summed E-state index contributed by atoms with van der Waals surface area (Å²) in [5.74, 6) is -2.24. The van der Waals surface area contributed by atoms with Crippen molar-refractivity contribution < 1.29 is 32.8 Å². The molecule has 6 heterocycles. The van der Waals surface area contributed by atoms with E-state index in [0.29, 0.717) is 66.3 Å². The van der Waals surface area contributed by atoms with E-state index in [9.17, 15) is 32.8 Å². The molecule has 2 atom stereocenters. The SMILES string of the molecule is O=C1NCc2nc(-c3c(F)cccc3Cl)nc(Cc3ccc(CC(=O)C4CCNC4=O)cc3)c21.O=C1NCc2nc(-c3c(F)cccc3Cl)nc(Cc3ccc([C@H]4CCNC4=O)cc3)c21. The van der Waals surface area contributed by atoms with Crippen LogP contribution in [0.2, 0.25) is 10.0 Å². The Hall–Kier alpha value is -6.97. The first-order valence-electron chi connectivity index (χ1n) is 20.9. The Morgan fingerprint density at radius 3 is 1.51 bits per heavy atom. The Labute approximate surface area is 380 Å². The highest BCUT2D eigenvalue weighted by Gasteiger charge is 2.32. The van der Waals surface area contributed by atoms with E-state index in [1.54, 1.807) is 12.1 Å². The fourth-order valence-electron chi connectivity index (χ4n) is 8.47. The zero-order valence-electron chi connectivity index (χ0n) is 34.4. The van der Waals surface area contributed by atoms with Crippen molar-refractivity contribution in [2.45, 2.75) is 51.1 Å². The zero-order valence-corrected chi connectivity index (χ0v) is 36.0. The summed E-state index contributed by atoms with van der Waals surface area (Å²) in [5, 5.41) is 11.4. The van der Waals surface area contributed by atoms with Gasteiger partial charge in [0.1, 0.15) is 17.4 Å². The first kappa shape index (κ1) is 43.3. The summed E-state index contributed by atoms with van der Waals surface area (Å²) in [7, 11) is 0. The third kappa shape index (κ3) is 8.93. The molecule has 4 N–H and O–H groups in total. The number of aromatic nitrogens is 4. The summed E-state index contributed by atoms with van der Waals surface area (Å²) in [6.45, 7) is 1.72. The Morgan fingerprint density at radius 1 is 0.569 bits per heavy atom. The lowest BCUT2D eigenvalue weighted by Gasteiger charge is -2.12. The second kappa shape index (κ2) is 18.3. The van der Waals surface area contributed by atoms with E-state index in [1.807, 2.05) is 48.5 Å². The van der Waals surface area contributed by atoms with Gasteiger partial charge in [0.15, 0.2) is 11.6 Å². The van der Waals surface area contributed by atoms with Crippen LogP contribution in [0, 0.1) is 17.6 Å². The maximum absolute atomic E-state index is 14.5. The molecular weight excluding hydrogens is 877 g/mol. The molecule has 10 rings (SSSR count). The van der Waals surface area contributed by atoms with Crippen LogP contribution < -0.4 is 21.3 Å². The molecule has 65 heavy (non-hydrogen) atoms. The zero-order chi connectivity index (χ0) is 45.4. The van der Waals surface area contributed by atoms with E-state index in [1.165, 1.54) is 24.3 Å². The van der Waals surface area contributed by atoms with Crippen molar-refractivity contribution in [2.75, 3.05) is 13.1 Å². The maximum atomic E-state index is 14.5. The highest BCUT2D eigenvalue weighted by Crippen LogP contribution is 2.33. The number of halogens is 4. The smallest absolute Gasteiger partial charge is 0.255 e. The van der Waals surface area contributed by atoms with Gasteiger partial charge in [-0.3, -0.25) is 24.0 Å². The molecule has 0 bridgehead atoms. The summed E-state index contributed by atoms with van der Waals surface area (Å²) in [4.78, 5) is 78.8. The number of nitrogens with zero attached hydrogens (tertiary/aromatic N) is 4. The number of carbonyl (C=O) groups excluding carboxylic acids is 5. The van der Waals surface area contributed by atoms with Gasteiger partial charge in [0.2, 0.25) is 11.8 Å². The Kier molecular flexibility index (Phi) is 12.2. The van der Waals surface area contributed by atoms with Crippen LogP contribution in [0.5, 0.6) is 0 Å². The second-order valence-electron chi connectivity index (χ2n) is 16.0. The summed E-state index contributed by atoms with van der Waals surface area (Å²) < 4.78 is 29.0. The third-order valence-corrected chi connectivity index (χ3v) is 12.4. The monoisotopic (exact) mass is 914 g/mol. The van der Waals surface area contributed by atoms with Crippen molar-refractivity contribution in [2.24, 2.45) is 5.92 Å². The van der Waals surface area contributed by atoms with Gasteiger partial charge >= 0.3 is 0 Å². The Morgan fingerprint density at radius 2 is 1.05 bits per heavy atom. The molecule has 17 heteroatoms. The molecule has 2 aromatic heterocycles. The molecule has 2 saturated heterocycles. The molecule has 6 aromatic rings. The fourth-order valence-corrected chi connectivity index (χ4v) is 8.97. The summed E-state index contributed by atoms with van der Waals surface area (Å²) in [6, 6.07) is 23.9. The van der Waals surface area contributed by atoms with Gasteiger partial charge in [-0.25, -0.2) is 28.7 Å². The quantitative estimate of drug-likeness (QED) is 0.113. The molecule has 4 aliphatic heterocycles. The van der Waals surface area contributed by atoms with Crippen LogP contribution in [0.1, 0.15) is 84.5 Å². The summed E-state index contributed by atoms with van der Waals surface area (Å²) in [6.07, 6.45) is 2.18. The van der Waals surface area contributed by atoms with Crippen molar-refractivity contribution in [3.05, 3.63) is 163 Å². The van der Waals surface area contributed by atoms with E-state index in [0.717, 1.165) is 28.7 Å². The largest absolute Gasteiger partial charge is 0.356 e. The van der Waals surface area contributed by atoms with Crippen molar-refractivity contribution in [1.29, 1.82) is 0 Å². The average molecular weight is 916 g/mol. The number of carbonyl (C=O) groups is 5. The highest BCUT2D eigenvalue weighted by atomic mass is 35.5. The number of benzene rings is 4. The molecule has 0 spiro atoms. The lowest BCUT2D eigenvalue weighted by Crippen LogP contribution is -2.26. The van der Waals surface area contributed by atoms with E-state index in [2.05, 4.69) is 41.2 Å². The predicted molar refractivity (Wildman–Crippen MR) is 236 cm³/mol. The van der Waals surface area contributed by atoms with Crippen LogP contribution in [-0.2, 0) is 46.7 Å². The maximum Gasteiger partial charge on any atom is 0.255 e. The molecule has 4 aliphatic rings. The van der Waals surface area contributed by atoms with Crippen LogP contribution >= 0.6 is 23.2 Å². The van der Waals surface area contributed by atoms with Crippen molar-refractivity contribution in [3.8, 4) is 22.8 Å².